The summed E-state index contributed by atoms with van der Waals surface area (Å²) in [6, 6.07) is 22.1. The van der Waals surface area contributed by atoms with Crippen LogP contribution in [0.15, 0.2) is 94.4 Å². The zero-order chi connectivity index (χ0) is 25.3. The summed E-state index contributed by atoms with van der Waals surface area (Å²) >= 11 is 1.46. The van der Waals surface area contributed by atoms with E-state index in [1.54, 1.807) is 59.7 Å². The fourth-order valence-corrected chi connectivity index (χ4v) is 5.99. The maximum Gasteiger partial charge on any atom is 0.261 e. The smallest absolute Gasteiger partial charge is 0.261 e. The lowest BCUT2D eigenvalue weighted by atomic mass is 10.1. The Bertz CT molecular complexity index is 1590. The summed E-state index contributed by atoms with van der Waals surface area (Å²) in [5.41, 5.74) is 3.77. The fourth-order valence-electron chi connectivity index (χ4n) is 3.80. The molecule has 7 nitrogen and oxygen atoms in total. The highest BCUT2D eigenvalue weighted by Gasteiger charge is 2.24. The number of furan rings is 1. The number of hydrogen-bond acceptors (Lipinski definition) is 6. The van der Waals surface area contributed by atoms with Crippen molar-refractivity contribution in [2.45, 2.75) is 25.3 Å². The minimum absolute atomic E-state index is 0.163. The van der Waals surface area contributed by atoms with Gasteiger partial charge in [-0.05, 0) is 73.5 Å². The van der Waals surface area contributed by atoms with E-state index >= 15 is 0 Å². The van der Waals surface area contributed by atoms with E-state index in [2.05, 4.69) is 4.72 Å². The van der Waals surface area contributed by atoms with Gasteiger partial charge in [0.1, 0.15) is 5.76 Å². The predicted molar refractivity (Wildman–Crippen MR) is 142 cm³/mol. The first-order valence-corrected chi connectivity index (χ1v) is 13.5. The SMILES string of the molecule is Cc1ccc(C)c2sc(N(Cc3ccco3)C(=O)c3ccc(NS(=O)(=O)c4ccccc4)cc3)nc12. The molecule has 0 aliphatic carbocycles. The number of anilines is 2. The number of aromatic nitrogens is 1. The molecule has 2 aromatic heterocycles. The van der Waals surface area contributed by atoms with Crippen LogP contribution >= 0.6 is 11.3 Å². The molecule has 1 N–H and O–H groups in total. The van der Waals surface area contributed by atoms with Crippen molar-refractivity contribution in [3.05, 3.63) is 108 Å². The number of hydrogen-bond donors (Lipinski definition) is 1. The van der Waals surface area contributed by atoms with E-state index in [0.717, 1.165) is 21.3 Å². The molecule has 0 fully saturated rings. The zero-order valence-electron chi connectivity index (χ0n) is 19.6. The minimum atomic E-state index is -3.73. The van der Waals surface area contributed by atoms with Gasteiger partial charge in [-0.25, -0.2) is 13.4 Å². The summed E-state index contributed by atoms with van der Waals surface area (Å²) in [6.45, 7) is 4.24. The number of thiazole rings is 1. The summed E-state index contributed by atoms with van der Waals surface area (Å²) in [5, 5.41) is 0.567. The summed E-state index contributed by atoms with van der Waals surface area (Å²) in [6.07, 6.45) is 1.57. The average molecular weight is 518 g/mol. The van der Waals surface area contributed by atoms with Crippen molar-refractivity contribution in [3.8, 4) is 0 Å². The number of carbonyl (C=O) groups is 1. The van der Waals surface area contributed by atoms with Gasteiger partial charge in [-0.1, -0.05) is 41.7 Å². The standard InChI is InChI=1S/C27H23N3O4S2/c1-18-10-11-19(2)25-24(18)28-27(35-25)30(17-22-7-6-16-34-22)26(31)20-12-14-21(15-13-20)29-36(32,33)23-8-4-3-5-9-23/h3-16,29H,17H2,1-2H3. The number of sulfonamides is 1. The van der Waals surface area contributed by atoms with E-state index in [1.165, 1.54) is 23.5 Å². The van der Waals surface area contributed by atoms with E-state index < -0.39 is 10.0 Å². The van der Waals surface area contributed by atoms with Crippen LogP contribution < -0.4 is 9.62 Å². The van der Waals surface area contributed by atoms with Crippen molar-refractivity contribution in [3.63, 3.8) is 0 Å². The number of rotatable bonds is 7. The van der Waals surface area contributed by atoms with Crippen LogP contribution in [0.3, 0.4) is 0 Å². The molecule has 0 spiro atoms. The average Bonchev–Trinajstić information content (AvgIpc) is 3.56. The second-order valence-electron chi connectivity index (χ2n) is 8.34. The Morgan fingerprint density at radius 1 is 0.944 bits per heavy atom. The van der Waals surface area contributed by atoms with Gasteiger partial charge < -0.3 is 4.42 Å². The summed E-state index contributed by atoms with van der Waals surface area (Å²) in [5.74, 6) is 0.363. The van der Waals surface area contributed by atoms with E-state index in [0.29, 0.717) is 22.1 Å². The van der Waals surface area contributed by atoms with Gasteiger partial charge in [0, 0.05) is 11.3 Å². The van der Waals surface area contributed by atoms with E-state index in [9.17, 15) is 13.2 Å². The van der Waals surface area contributed by atoms with Gasteiger partial charge in [-0.2, -0.15) is 0 Å². The van der Waals surface area contributed by atoms with Crippen molar-refractivity contribution >= 4 is 48.3 Å². The second kappa shape index (κ2) is 9.60. The number of aryl methyl sites for hydroxylation is 2. The third-order valence-electron chi connectivity index (χ3n) is 5.74. The molecule has 0 aliphatic heterocycles. The zero-order valence-corrected chi connectivity index (χ0v) is 21.3. The maximum atomic E-state index is 13.6. The number of carbonyl (C=O) groups excluding carboxylic acids is 1. The molecule has 0 saturated carbocycles. The highest BCUT2D eigenvalue weighted by atomic mass is 32.2. The first-order valence-electron chi connectivity index (χ1n) is 11.2. The van der Waals surface area contributed by atoms with Gasteiger partial charge in [0.15, 0.2) is 5.13 Å². The maximum absolute atomic E-state index is 13.6. The Kier molecular flexibility index (Phi) is 6.34. The largest absolute Gasteiger partial charge is 0.467 e. The summed E-state index contributed by atoms with van der Waals surface area (Å²) < 4.78 is 34.4. The molecule has 0 aliphatic rings. The van der Waals surface area contributed by atoms with Crippen LogP contribution in [0.1, 0.15) is 27.2 Å². The Labute approximate surface area is 213 Å². The lowest BCUT2D eigenvalue weighted by Gasteiger charge is -2.19. The molecule has 0 radical (unpaired) electrons. The summed E-state index contributed by atoms with van der Waals surface area (Å²) in [7, 11) is -3.73. The van der Waals surface area contributed by atoms with Crippen LogP contribution in [0.2, 0.25) is 0 Å². The summed E-state index contributed by atoms with van der Waals surface area (Å²) in [4.78, 5) is 20.2. The molecule has 0 unspecified atom stereocenters. The van der Waals surface area contributed by atoms with Crippen LogP contribution in [0.5, 0.6) is 0 Å². The Morgan fingerprint density at radius 3 is 2.33 bits per heavy atom. The number of benzene rings is 3. The third kappa shape index (κ3) is 4.75. The highest BCUT2D eigenvalue weighted by molar-refractivity contribution is 7.92. The first-order chi connectivity index (χ1) is 17.3. The molecule has 1 amide bonds. The molecule has 0 bridgehead atoms. The van der Waals surface area contributed by atoms with Gasteiger partial charge in [0.2, 0.25) is 0 Å². The van der Waals surface area contributed by atoms with Crippen molar-refractivity contribution in [1.82, 2.24) is 4.98 Å². The normalized spacial score (nSPS) is 11.5. The Morgan fingerprint density at radius 2 is 1.67 bits per heavy atom. The van der Waals surface area contributed by atoms with Crippen LogP contribution in [-0.2, 0) is 16.6 Å². The van der Waals surface area contributed by atoms with Crippen LogP contribution in [-0.4, -0.2) is 19.3 Å². The van der Waals surface area contributed by atoms with Crippen molar-refractivity contribution in [2.24, 2.45) is 0 Å². The van der Waals surface area contributed by atoms with Crippen LogP contribution in [0, 0.1) is 13.8 Å². The van der Waals surface area contributed by atoms with Gasteiger partial charge in [0.25, 0.3) is 15.9 Å². The quantitative estimate of drug-likeness (QED) is 0.279. The number of amides is 1. The molecule has 0 atom stereocenters. The molecule has 5 rings (SSSR count). The lowest BCUT2D eigenvalue weighted by Crippen LogP contribution is -2.30. The third-order valence-corrected chi connectivity index (χ3v) is 8.35. The molecular weight excluding hydrogens is 494 g/mol. The van der Waals surface area contributed by atoms with Gasteiger partial charge in [-0.3, -0.25) is 14.4 Å². The van der Waals surface area contributed by atoms with Gasteiger partial charge in [0.05, 0.1) is 27.9 Å². The van der Waals surface area contributed by atoms with Crippen molar-refractivity contribution in [1.29, 1.82) is 0 Å². The lowest BCUT2D eigenvalue weighted by molar-refractivity contribution is 0.0983. The van der Waals surface area contributed by atoms with Gasteiger partial charge in [-0.15, -0.1) is 0 Å². The highest BCUT2D eigenvalue weighted by Crippen LogP contribution is 2.34. The molecular formula is C27H23N3O4S2. The molecule has 3 aromatic carbocycles. The Hall–Kier alpha value is -3.95. The first kappa shape index (κ1) is 23.8. The molecule has 36 heavy (non-hydrogen) atoms. The topological polar surface area (TPSA) is 92.5 Å². The monoisotopic (exact) mass is 517 g/mol. The predicted octanol–water partition coefficient (Wildman–Crippen LogP) is 6.15. The Balaban J connectivity index is 1.45. The molecule has 9 heteroatoms. The molecule has 5 aromatic rings. The van der Waals surface area contributed by atoms with Crippen molar-refractivity contribution < 1.29 is 17.6 Å². The molecule has 0 saturated heterocycles. The number of fused-ring (bicyclic) bond motifs is 1. The van der Waals surface area contributed by atoms with E-state index in [1.807, 2.05) is 32.0 Å². The van der Waals surface area contributed by atoms with Gasteiger partial charge >= 0.3 is 0 Å². The van der Waals surface area contributed by atoms with E-state index in [4.69, 9.17) is 9.40 Å². The minimum Gasteiger partial charge on any atom is -0.467 e. The van der Waals surface area contributed by atoms with E-state index in [-0.39, 0.29) is 17.3 Å². The van der Waals surface area contributed by atoms with Crippen molar-refractivity contribution in [2.75, 3.05) is 9.62 Å². The molecule has 2 heterocycles. The number of nitrogens with one attached hydrogen (secondary N) is 1. The second-order valence-corrected chi connectivity index (χ2v) is 11.0. The van der Waals surface area contributed by atoms with Crippen LogP contribution in [0.25, 0.3) is 10.2 Å². The fraction of sp³-hybridized carbons (Fsp3) is 0.111. The number of nitrogens with zero attached hydrogens (tertiary/aromatic N) is 2. The van der Waals surface area contributed by atoms with Crippen LogP contribution in [0.4, 0.5) is 10.8 Å². The molecule has 182 valence electrons.